The van der Waals surface area contributed by atoms with Gasteiger partial charge in [-0.25, -0.2) is 0 Å². The van der Waals surface area contributed by atoms with Gasteiger partial charge in [0.25, 0.3) is 0 Å². The second-order valence-electron chi connectivity index (χ2n) is 5.30. The van der Waals surface area contributed by atoms with Crippen molar-refractivity contribution in [1.82, 2.24) is 5.32 Å². The van der Waals surface area contributed by atoms with Crippen molar-refractivity contribution in [1.29, 1.82) is 0 Å². The van der Waals surface area contributed by atoms with Crippen molar-refractivity contribution in [3.05, 3.63) is 29.8 Å². The van der Waals surface area contributed by atoms with Crippen LogP contribution < -0.4 is 15.8 Å². The van der Waals surface area contributed by atoms with Crippen LogP contribution in [0.5, 0.6) is 5.75 Å². The number of halogens is 2. The molecule has 22 heavy (non-hydrogen) atoms. The number of carbonyl (C=O) groups excluding carboxylic acids is 1. The SMILES string of the molecule is NCC1(C(=O)NCc2ccc(OC(F)F)cc2)CCOCC1. The highest BCUT2D eigenvalue weighted by molar-refractivity contribution is 5.83. The van der Waals surface area contributed by atoms with E-state index in [0.717, 1.165) is 5.56 Å². The molecule has 122 valence electrons. The fourth-order valence-electron chi connectivity index (χ4n) is 2.44. The number of benzene rings is 1. The van der Waals surface area contributed by atoms with Crippen LogP contribution in [0.1, 0.15) is 18.4 Å². The Kier molecular flexibility index (Phi) is 5.68. The van der Waals surface area contributed by atoms with Crippen LogP contribution >= 0.6 is 0 Å². The molecular formula is C15H20F2N2O3. The standard InChI is InChI=1S/C15H20F2N2O3/c16-14(17)22-12-3-1-11(2-4-12)9-19-13(20)15(10-18)5-7-21-8-6-15/h1-4,14H,5-10,18H2,(H,19,20). The number of ether oxygens (including phenoxy) is 2. The number of hydrogen-bond acceptors (Lipinski definition) is 4. The number of carbonyl (C=O) groups is 1. The van der Waals surface area contributed by atoms with Gasteiger partial charge in [-0.05, 0) is 30.5 Å². The zero-order valence-electron chi connectivity index (χ0n) is 12.2. The number of nitrogens with one attached hydrogen (secondary N) is 1. The summed E-state index contributed by atoms with van der Waals surface area (Å²) >= 11 is 0. The van der Waals surface area contributed by atoms with Gasteiger partial charge in [0.1, 0.15) is 5.75 Å². The lowest BCUT2D eigenvalue weighted by atomic mass is 9.79. The summed E-state index contributed by atoms with van der Waals surface area (Å²) < 4.78 is 33.7. The van der Waals surface area contributed by atoms with E-state index in [4.69, 9.17) is 10.5 Å². The summed E-state index contributed by atoms with van der Waals surface area (Å²) in [6, 6.07) is 6.16. The molecule has 1 aliphatic rings. The first kappa shape index (κ1) is 16.6. The first-order valence-electron chi connectivity index (χ1n) is 7.16. The van der Waals surface area contributed by atoms with E-state index in [9.17, 15) is 13.6 Å². The van der Waals surface area contributed by atoms with Crippen molar-refractivity contribution in [3.8, 4) is 5.75 Å². The Bertz CT molecular complexity index is 488. The number of alkyl halides is 2. The lowest BCUT2D eigenvalue weighted by molar-refractivity contribution is -0.136. The minimum absolute atomic E-state index is 0.0907. The molecule has 0 bridgehead atoms. The van der Waals surface area contributed by atoms with E-state index in [0.29, 0.717) is 32.6 Å². The molecule has 3 N–H and O–H groups in total. The van der Waals surface area contributed by atoms with Gasteiger partial charge in [-0.2, -0.15) is 8.78 Å². The molecule has 7 heteroatoms. The van der Waals surface area contributed by atoms with Crippen molar-refractivity contribution < 1.29 is 23.0 Å². The molecule has 0 aromatic heterocycles. The Morgan fingerprint density at radius 1 is 1.32 bits per heavy atom. The maximum absolute atomic E-state index is 12.4. The van der Waals surface area contributed by atoms with E-state index < -0.39 is 12.0 Å². The molecule has 0 aliphatic carbocycles. The topological polar surface area (TPSA) is 73.6 Å². The second-order valence-corrected chi connectivity index (χ2v) is 5.30. The summed E-state index contributed by atoms with van der Waals surface area (Å²) in [4.78, 5) is 12.4. The van der Waals surface area contributed by atoms with E-state index in [2.05, 4.69) is 10.1 Å². The van der Waals surface area contributed by atoms with Crippen molar-refractivity contribution in [3.63, 3.8) is 0 Å². The van der Waals surface area contributed by atoms with Gasteiger partial charge in [-0.1, -0.05) is 12.1 Å². The third-order valence-corrected chi connectivity index (χ3v) is 3.92. The molecule has 0 unspecified atom stereocenters. The Labute approximate surface area is 127 Å². The predicted molar refractivity (Wildman–Crippen MR) is 76.5 cm³/mol. The van der Waals surface area contributed by atoms with Crippen LogP contribution in [0.2, 0.25) is 0 Å². The summed E-state index contributed by atoms with van der Waals surface area (Å²) in [7, 11) is 0. The molecule has 0 atom stereocenters. The van der Waals surface area contributed by atoms with Gasteiger partial charge in [0, 0.05) is 26.3 Å². The van der Waals surface area contributed by atoms with Crippen LogP contribution in [0.3, 0.4) is 0 Å². The molecule has 1 aromatic rings. The fourth-order valence-corrected chi connectivity index (χ4v) is 2.44. The van der Waals surface area contributed by atoms with E-state index in [1.807, 2.05) is 0 Å². The monoisotopic (exact) mass is 314 g/mol. The summed E-state index contributed by atoms with van der Waals surface area (Å²) in [5.74, 6) is -0.000795. The lowest BCUT2D eigenvalue weighted by Gasteiger charge is -2.34. The molecule has 0 spiro atoms. The number of hydrogen-bond donors (Lipinski definition) is 2. The van der Waals surface area contributed by atoms with Gasteiger partial charge >= 0.3 is 6.61 Å². The van der Waals surface area contributed by atoms with Crippen LogP contribution in [-0.2, 0) is 16.1 Å². The third-order valence-electron chi connectivity index (χ3n) is 3.92. The van der Waals surface area contributed by atoms with Crippen LogP contribution in [-0.4, -0.2) is 32.3 Å². The van der Waals surface area contributed by atoms with Gasteiger partial charge < -0.3 is 20.5 Å². The Morgan fingerprint density at radius 2 is 1.95 bits per heavy atom. The Balaban J connectivity index is 1.90. The molecule has 0 radical (unpaired) electrons. The summed E-state index contributed by atoms with van der Waals surface area (Å²) in [5, 5.41) is 2.86. The Morgan fingerprint density at radius 3 is 2.50 bits per heavy atom. The molecule has 1 aromatic carbocycles. The molecule has 1 saturated heterocycles. The highest BCUT2D eigenvalue weighted by atomic mass is 19.3. The zero-order valence-corrected chi connectivity index (χ0v) is 12.2. The van der Waals surface area contributed by atoms with Crippen LogP contribution in [0.15, 0.2) is 24.3 Å². The van der Waals surface area contributed by atoms with Crippen LogP contribution in [0.4, 0.5) is 8.78 Å². The molecule has 5 nitrogen and oxygen atoms in total. The molecule has 2 rings (SSSR count). The first-order chi connectivity index (χ1) is 10.6. The first-order valence-corrected chi connectivity index (χ1v) is 7.16. The van der Waals surface area contributed by atoms with Crippen LogP contribution in [0.25, 0.3) is 0 Å². The highest BCUT2D eigenvalue weighted by Crippen LogP contribution is 2.29. The van der Waals surface area contributed by atoms with Gasteiger partial charge in [-0.15, -0.1) is 0 Å². The van der Waals surface area contributed by atoms with E-state index in [1.165, 1.54) is 12.1 Å². The molecule has 1 amide bonds. The van der Waals surface area contributed by atoms with Crippen molar-refractivity contribution in [2.24, 2.45) is 11.1 Å². The zero-order chi connectivity index (χ0) is 16.0. The molecule has 1 heterocycles. The minimum Gasteiger partial charge on any atom is -0.435 e. The largest absolute Gasteiger partial charge is 0.435 e. The average molecular weight is 314 g/mol. The third kappa shape index (κ3) is 4.14. The smallest absolute Gasteiger partial charge is 0.387 e. The van der Waals surface area contributed by atoms with E-state index in [1.54, 1.807) is 12.1 Å². The fraction of sp³-hybridized carbons (Fsp3) is 0.533. The van der Waals surface area contributed by atoms with Crippen molar-refractivity contribution in [2.75, 3.05) is 19.8 Å². The number of nitrogens with two attached hydrogens (primary N) is 1. The van der Waals surface area contributed by atoms with Crippen LogP contribution in [0, 0.1) is 5.41 Å². The van der Waals surface area contributed by atoms with Gasteiger partial charge in [-0.3, -0.25) is 4.79 Å². The lowest BCUT2D eigenvalue weighted by Crippen LogP contribution is -2.48. The number of amides is 1. The van der Waals surface area contributed by atoms with Crippen molar-refractivity contribution >= 4 is 5.91 Å². The average Bonchev–Trinajstić information content (AvgIpc) is 2.54. The van der Waals surface area contributed by atoms with Crippen molar-refractivity contribution in [2.45, 2.75) is 26.0 Å². The summed E-state index contributed by atoms with van der Waals surface area (Å²) in [6.07, 6.45) is 1.22. The quantitative estimate of drug-likeness (QED) is 0.837. The molecular weight excluding hydrogens is 294 g/mol. The van der Waals surface area contributed by atoms with Gasteiger partial charge in [0.2, 0.25) is 5.91 Å². The summed E-state index contributed by atoms with van der Waals surface area (Å²) in [5.41, 5.74) is 6.00. The van der Waals surface area contributed by atoms with Gasteiger partial charge in [0.05, 0.1) is 5.41 Å². The summed E-state index contributed by atoms with van der Waals surface area (Å²) in [6.45, 7) is -1.18. The maximum atomic E-state index is 12.4. The second kappa shape index (κ2) is 7.51. The molecule has 0 saturated carbocycles. The predicted octanol–water partition coefficient (Wildman–Crippen LogP) is 1.66. The normalized spacial score (nSPS) is 17.3. The molecule has 1 fully saturated rings. The van der Waals surface area contributed by atoms with E-state index in [-0.39, 0.29) is 18.2 Å². The Hall–Kier alpha value is -1.73. The highest BCUT2D eigenvalue weighted by Gasteiger charge is 2.38. The number of rotatable bonds is 6. The maximum Gasteiger partial charge on any atom is 0.387 e. The van der Waals surface area contributed by atoms with Gasteiger partial charge in [0.15, 0.2) is 0 Å². The minimum atomic E-state index is -2.84. The van der Waals surface area contributed by atoms with E-state index >= 15 is 0 Å². The molecule has 1 aliphatic heterocycles.